The SMILES string of the molecule is CCOC(=O)/C=c1\[nH]c(=S)s\c1=C/c1cc(C)n(-c2cc(C)on2)c1C. The van der Waals surface area contributed by atoms with Gasteiger partial charge in [0.15, 0.2) is 9.77 Å². The second-order valence-electron chi connectivity index (χ2n) is 5.79. The normalized spacial score (nSPS) is 12.8. The Morgan fingerprint density at radius 1 is 1.42 bits per heavy atom. The number of hydrogen-bond donors (Lipinski definition) is 1. The molecule has 0 unspecified atom stereocenters. The van der Waals surface area contributed by atoms with Crippen molar-refractivity contribution < 1.29 is 14.1 Å². The van der Waals surface area contributed by atoms with E-state index in [1.165, 1.54) is 17.4 Å². The molecule has 3 heterocycles. The first-order valence-electron chi connectivity index (χ1n) is 8.11. The Hall–Kier alpha value is -2.45. The minimum absolute atomic E-state index is 0.331. The number of carbonyl (C=O) groups is 1. The molecule has 8 heteroatoms. The van der Waals surface area contributed by atoms with Crippen molar-refractivity contribution in [1.82, 2.24) is 14.7 Å². The number of aromatic amines is 1. The van der Waals surface area contributed by atoms with Crippen LogP contribution in [0.15, 0.2) is 16.7 Å². The Morgan fingerprint density at radius 3 is 2.85 bits per heavy atom. The summed E-state index contributed by atoms with van der Waals surface area (Å²) >= 11 is 6.65. The van der Waals surface area contributed by atoms with E-state index in [4.69, 9.17) is 21.5 Å². The molecule has 0 aliphatic rings. The maximum absolute atomic E-state index is 11.8. The summed E-state index contributed by atoms with van der Waals surface area (Å²) in [5.41, 5.74) is 3.08. The van der Waals surface area contributed by atoms with Gasteiger partial charge in [-0.25, -0.2) is 4.79 Å². The number of ether oxygens (including phenoxy) is 1. The van der Waals surface area contributed by atoms with E-state index < -0.39 is 5.97 Å². The minimum atomic E-state index is -0.394. The molecule has 26 heavy (non-hydrogen) atoms. The van der Waals surface area contributed by atoms with Crippen molar-refractivity contribution in [3.63, 3.8) is 0 Å². The molecule has 0 atom stereocenters. The first-order chi connectivity index (χ1) is 12.4. The van der Waals surface area contributed by atoms with Gasteiger partial charge in [0.1, 0.15) is 5.76 Å². The number of esters is 1. The lowest BCUT2D eigenvalue weighted by Crippen LogP contribution is -2.23. The molecule has 0 aromatic carbocycles. The third-order valence-electron chi connectivity index (χ3n) is 3.86. The van der Waals surface area contributed by atoms with Crippen LogP contribution in [0.5, 0.6) is 0 Å². The van der Waals surface area contributed by atoms with E-state index >= 15 is 0 Å². The number of carbonyl (C=O) groups excluding carboxylic acids is 1. The van der Waals surface area contributed by atoms with Gasteiger partial charge in [-0.3, -0.25) is 4.57 Å². The summed E-state index contributed by atoms with van der Waals surface area (Å²) in [5.74, 6) is 1.11. The van der Waals surface area contributed by atoms with E-state index in [0.29, 0.717) is 15.9 Å². The lowest BCUT2D eigenvalue weighted by molar-refractivity contribution is -0.135. The van der Waals surface area contributed by atoms with Crippen LogP contribution >= 0.6 is 23.6 Å². The number of aryl methyl sites for hydroxylation is 2. The van der Waals surface area contributed by atoms with Crippen LogP contribution in [-0.4, -0.2) is 27.3 Å². The van der Waals surface area contributed by atoms with Gasteiger partial charge < -0.3 is 14.2 Å². The molecule has 0 spiro atoms. The van der Waals surface area contributed by atoms with Crippen molar-refractivity contribution in [3.8, 4) is 5.82 Å². The third-order valence-corrected chi connectivity index (χ3v) is 5.05. The van der Waals surface area contributed by atoms with Crippen molar-refractivity contribution >= 4 is 41.7 Å². The molecule has 1 N–H and O–H groups in total. The molecule has 0 fully saturated rings. The number of nitrogens with zero attached hydrogens (tertiary/aromatic N) is 2. The Labute approximate surface area is 159 Å². The Morgan fingerprint density at radius 2 is 2.19 bits per heavy atom. The van der Waals surface area contributed by atoms with Crippen LogP contribution < -0.4 is 9.88 Å². The lowest BCUT2D eigenvalue weighted by Gasteiger charge is -2.03. The maximum atomic E-state index is 11.8. The lowest BCUT2D eigenvalue weighted by atomic mass is 10.2. The van der Waals surface area contributed by atoms with Crippen molar-refractivity contribution in [1.29, 1.82) is 0 Å². The zero-order valence-corrected chi connectivity index (χ0v) is 16.6. The molecule has 0 aliphatic carbocycles. The van der Waals surface area contributed by atoms with E-state index in [-0.39, 0.29) is 0 Å². The van der Waals surface area contributed by atoms with Gasteiger partial charge in [-0.15, -0.1) is 11.3 Å². The van der Waals surface area contributed by atoms with Crippen LogP contribution in [0.2, 0.25) is 0 Å². The highest BCUT2D eigenvalue weighted by molar-refractivity contribution is 7.73. The predicted octanol–water partition coefficient (Wildman–Crippen LogP) is 2.68. The molecular weight excluding hydrogens is 370 g/mol. The highest BCUT2D eigenvalue weighted by Crippen LogP contribution is 2.21. The zero-order chi connectivity index (χ0) is 18.8. The molecule has 3 rings (SSSR count). The van der Waals surface area contributed by atoms with Crippen LogP contribution in [0, 0.1) is 24.7 Å². The molecule has 0 amide bonds. The zero-order valence-electron chi connectivity index (χ0n) is 15.0. The largest absolute Gasteiger partial charge is 0.463 e. The highest BCUT2D eigenvalue weighted by Gasteiger charge is 2.12. The fraction of sp³-hybridized carbons (Fsp3) is 0.278. The Bertz CT molecular complexity index is 1130. The number of hydrogen-bond acceptors (Lipinski definition) is 6. The molecule has 3 aromatic heterocycles. The summed E-state index contributed by atoms with van der Waals surface area (Å²) in [6, 6.07) is 3.96. The summed E-state index contributed by atoms with van der Waals surface area (Å²) in [4.78, 5) is 14.8. The molecule has 0 radical (unpaired) electrons. The molecule has 0 saturated heterocycles. The quantitative estimate of drug-likeness (QED) is 0.549. The van der Waals surface area contributed by atoms with Crippen molar-refractivity contribution in [3.05, 3.63) is 48.7 Å². The van der Waals surface area contributed by atoms with Crippen LogP contribution in [-0.2, 0) is 9.53 Å². The van der Waals surface area contributed by atoms with Gasteiger partial charge in [0.05, 0.1) is 16.5 Å². The van der Waals surface area contributed by atoms with Gasteiger partial charge >= 0.3 is 5.97 Å². The predicted molar refractivity (Wildman–Crippen MR) is 103 cm³/mol. The van der Waals surface area contributed by atoms with E-state index in [0.717, 1.165) is 33.1 Å². The van der Waals surface area contributed by atoms with Gasteiger partial charge in [-0.05, 0) is 57.6 Å². The second kappa shape index (κ2) is 7.43. The summed E-state index contributed by atoms with van der Waals surface area (Å²) in [6.07, 6.45) is 3.44. The smallest absolute Gasteiger partial charge is 0.332 e. The highest BCUT2D eigenvalue weighted by atomic mass is 32.1. The standard InChI is InChI=1S/C18H19N3O3S2/c1-5-23-17(22)9-14-15(26-18(25)19-14)8-13-6-10(2)21(12(13)4)16-7-11(3)24-20-16/h6-9H,5H2,1-4H3,(H,19,25)/b14-9-,15-8-. The van der Waals surface area contributed by atoms with Crippen LogP contribution in [0.3, 0.4) is 0 Å². The number of thiazole rings is 1. The van der Waals surface area contributed by atoms with Crippen LogP contribution in [0.1, 0.15) is 29.6 Å². The first-order valence-corrected chi connectivity index (χ1v) is 9.33. The number of H-pyrrole nitrogens is 1. The molecule has 0 aliphatic heterocycles. The molecule has 0 saturated carbocycles. The maximum Gasteiger partial charge on any atom is 0.332 e. The van der Waals surface area contributed by atoms with Crippen molar-refractivity contribution in [2.24, 2.45) is 0 Å². The number of aromatic nitrogens is 3. The number of rotatable bonds is 4. The monoisotopic (exact) mass is 389 g/mol. The van der Waals surface area contributed by atoms with Gasteiger partial charge in [0.25, 0.3) is 0 Å². The van der Waals surface area contributed by atoms with Gasteiger partial charge in [-0.2, -0.15) is 0 Å². The fourth-order valence-corrected chi connectivity index (χ4v) is 3.90. The van der Waals surface area contributed by atoms with Crippen molar-refractivity contribution in [2.75, 3.05) is 6.61 Å². The average molecular weight is 390 g/mol. The molecule has 0 bridgehead atoms. The molecule has 6 nitrogen and oxygen atoms in total. The van der Waals surface area contributed by atoms with Crippen molar-refractivity contribution in [2.45, 2.75) is 27.7 Å². The van der Waals surface area contributed by atoms with E-state index in [2.05, 4.69) is 16.2 Å². The first kappa shape index (κ1) is 18.3. The topological polar surface area (TPSA) is 73.1 Å². The van der Waals surface area contributed by atoms with Gasteiger partial charge in [0, 0.05) is 23.5 Å². The summed E-state index contributed by atoms with van der Waals surface area (Å²) < 4.78 is 13.7. The Balaban J connectivity index is 2.13. The van der Waals surface area contributed by atoms with E-state index in [9.17, 15) is 4.79 Å². The van der Waals surface area contributed by atoms with E-state index in [1.54, 1.807) is 6.92 Å². The molecule has 3 aromatic rings. The van der Waals surface area contributed by atoms with E-state index in [1.807, 2.05) is 37.5 Å². The molecule has 136 valence electrons. The summed E-state index contributed by atoms with van der Waals surface area (Å²) in [7, 11) is 0. The second-order valence-corrected chi connectivity index (χ2v) is 7.51. The minimum Gasteiger partial charge on any atom is -0.463 e. The summed E-state index contributed by atoms with van der Waals surface area (Å²) in [5, 5.41) is 4.75. The fourth-order valence-electron chi connectivity index (χ4n) is 2.75. The van der Waals surface area contributed by atoms with Gasteiger partial charge in [-0.1, -0.05) is 5.16 Å². The third kappa shape index (κ3) is 3.71. The van der Waals surface area contributed by atoms with Crippen LogP contribution in [0.25, 0.3) is 18.0 Å². The van der Waals surface area contributed by atoms with Gasteiger partial charge in [0.2, 0.25) is 0 Å². The molecular formula is C18H19N3O3S2. The average Bonchev–Trinajstić information content (AvgIpc) is 3.20. The Kier molecular flexibility index (Phi) is 5.24. The van der Waals surface area contributed by atoms with Crippen LogP contribution in [0.4, 0.5) is 0 Å². The summed E-state index contributed by atoms with van der Waals surface area (Å²) in [6.45, 7) is 8.00. The number of nitrogens with one attached hydrogen (secondary N) is 1.